The Hall–Kier alpha value is -1.88. The van der Waals surface area contributed by atoms with Gasteiger partial charge in [0.15, 0.2) is 0 Å². The highest BCUT2D eigenvalue weighted by Gasteiger charge is 2.12. The van der Waals surface area contributed by atoms with Gasteiger partial charge in [0.2, 0.25) is 0 Å². The second-order valence-corrected chi connectivity index (χ2v) is 4.92. The predicted octanol–water partition coefficient (Wildman–Crippen LogP) is 3.16. The van der Waals surface area contributed by atoms with Crippen LogP contribution in [-0.4, -0.2) is 11.1 Å². The Morgan fingerprint density at radius 2 is 2.28 bits per heavy atom. The van der Waals surface area contributed by atoms with Gasteiger partial charge in [0.05, 0.1) is 17.6 Å². The zero-order chi connectivity index (χ0) is 13.1. The quantitative estimate of drug-likeness (QED) is 0.654. The molecular formula is C13H13NO3S. The van der Waals surface area contributed by atoms with Crippen LogP contribution in [0.2, 0.25) is 0 Å². The maximum Gasteiger partial charge on any atom is 0.337 e. The van der Waals surface area contributed by atoms with Gasteiger partial charge in [-0.2, -0.15) is 0 Å². The highest BCUT2D eigenvalue weighted by molar-refractivity contribution is 7.98. The van der Waals surface area contributed by atoms with Crippen LogP contribution in [0.5, 0.6) is 0 Å². The van der Waals surface area contributed by atoms with Crippen LogP contribution in [0.4, 0.5) is 5.69 Å². The Kier molecular flexibility index (Phi) is 3.62. The minimum atomic E-state index is -1.00. The van der Waals surface area contributed by atoms with Crippen molar-refractivity contribution in [2.75, 3.05) is 5.73 Å². The number of hydrogen-bond donors (Lipinski definition) is 2. The van der Waals surface area contributed by atoms with Gasteiger partial charge in [-0.3, -0.25) is 0 Å². The normalized spacial score (nSPS) is 10.5. The van der Waals surface area contributed by atoms with Crippen molar-refractivity contribution in [2.45, 2.75) is 17.6 Å². The van der Waals surface area contributed by atoms with Crippen LogP contribution in [-0.2, 0) is 5.75 Å². The molecule has 0 unspecified atom stereocenters. The molecular weight excluding hydrogens is 250 g/mol. The standard InChI is InChI=1S/C13H13NO3S/c1-8-5-10(6-11(12(8)14)13(15)16)18-7-9-3-2-4-17-9/h2-6H,7,14H2,1H3,(H,15,16). The van der Waals surface area contributed by atoms with E-state index in [1.165, 1.54) is 11.8 Å². The number of aromatic carboxylic acids is 1. The third-order valence-corrected chi connectivity index (χ3v) is 3.55. The molecule has 2 rings (SSSR count). The minimum Gasteiger partial charge on any atom is -0.478 e. The van der Waals surface area contributed by atoms with Gasteiger partial charge >= 0.3 is 5.97 Å². The lowest BCUT2D eigenvalue weighted by molar-refractivity contribution is 0.0697. The van der Waals surface area contributed by atoms with Crippen molar-refractivity contribution in [3.63, 3.8) is 0 Å². The summed E-state index contributed by atoms with van der Waals surface area (Å²) in [5.41, 5.74) is 6.98. The van der Waals surface area contributed by atoms with Gasteiger partial charge in [-0.1, -0.05) is 0 Å². The first-order valence-corrected chi connectivity index (χ1v) is 6.35. The Bertz CT molecular complexity index is 564. The number of rotatable bonds is 4. The van der Waals surface area contributed by atoms with Crippen molar-refractivity contribution in [3.8, 4) is 0 Å². The minimum absolute atomic E-state index is 0.150. The van der Waals surface area contributed by atoms with E-state index < -0.39 is 5.97 Å². The largest absolute Gasteiger partial charge is 0.478 e. The molecule has 0 aliphatic carbocycles. The summed E-state index contributed by atoms with van der Waals surface area (Å²) in [6.45, 7) is 1.80. The van der Waals surface area contributed by atoms with Gasteiger partial charge in [0.25, 0.3) is 0 Å². The van der Waals surface area contributed by atoms with E-state index in [0.717, 1.165) is 16.2 Å². The van der Waals surface area contributed by atoms with Crippen molar-refractivity contribution in [1.82, 2.24) is 0 Å². The van der Waals surface area contributed by atoms with Crippen LogP contribution in [0.3, 0.4) is 0 Å². The number of carboxylic acid groups (broad SMARTS) is 1. The second-order valence-electron chi connectivity index (χ2n) is 3.87. The van der Waals surface area contributed by atoms with Gasteiger partial charge in [-0.15, -0.1) is 11.8 Å². The van der Waals surface area contributed by atoms with E-state index in [9.17, 15) is 4.79 Å². The topological polar surface area (TPSA) is 76.5 Å². The molecule has 0 saturated heterocycles. The molecule has 0 aliphatic heterocycles. The van der Waals surface area contributed by atoms with Crippen molar-refractivity contribution in [2.24, 2.45) is 0 Å². The summed E-state index contributed by atoms with van der Waals surface area (Å²) in [6, 6.07) is 7.19. The third-order valence-electron chi connectivity index (χ3n) is 2.55. The molecule has 0 saturated carbocycles. The molecule has 4 nitrogen and oxygen atoms in total. The fourth-order valence-corrected chi connectivity index (χ4v) is 2.51. The molecule has 5 heteroatoms. The first-order chi connectivity index (χ1) is 8.58. The van der Waals surface area contributed by atoms with E-state index in [4.69, 9.17) is 15.3 Å². The Morgan fingerprint density at radius 3 is 2.89 bits per heavy atom. The number of hydrogen-bond acceptors (Lipinski definition) is 4. The van der Waals surface area contributed by atoms with Gasteiger partial charge in [0, 0.05) is 10.6 Å². The highest BCUT2D eigenvalue weighted by Crippen LogP contribution is 2.28. The van der Waals surface area contributed by atoms with Gasteiger partial charge in [0.1, 0.15) is 5.76 Å². The number of aryl methyl sites for hydroxylation is 1. The SMILES string of the molecule is Cc1cc(SCc2ccco2)cc(C(=O)O)c1N. The summed E-state index contributed by atoms with van der Waals surface area (Å²) < 4.78 is 5.23. The summed E-state index contributed by atoms with van der Waals surface area (Å²) in [4.78, 5) is 11.9. The monoisotopic (exact) mass is 263 g/mol. The van der Waals surface area contributed by atoms with Crippen molar-refractivity contribution in [3.05, 3.63) is 47.4 Å². The van der Waals surface area contributed by atoms with Crippen LogP contribution in [0.1, 0.15) is 21.7 Å². The molecule has 0 radical (unpaired) electrons. The molecule has 18 heavy (non-hydrogen) atoms. The molecule has 0 aliphatic rings. The number of carbonyl (C=O) groups is 1. The number of anilines is 1. The Balaban J connectivity index is 2.21. The molecule has 2 aromatic rings. The molecule has 0 spiro atoms. The average molecular weight is 263 g/mol. The number of benzene rings is 1. The number of nitrogen functional groups attached to an aromatic ring is 1. The second kappa shape index (κ2) is 5.18. The summed E-state index contributed by atoms with van der Waals surface area (Å²) in [7, 11) is 0. The number of furan rings is 1. The van der Waals surface area contributed by atoms with Crippen molar-refractivity contribution < 1.29 is 14.3 Å². The van der Waals surface area contributed by atoms with Crippen molar-refractivity contribution in [1.29, 1.82) is 0 Å². The molecule has 1 heterocycles. The maximum absolute atomic E-state index is 11.1. The first-order valence-electron chi connectivity index (χ1n) is 5.36. The average Bonchev–Trinajstić information content (AvgIpc) is 2.83. The van der Waals surface area contributed by atoms with Gasteiger partial charge in [-0.05, 0) is 36.8 Å². The van der Waals surface area contributed by atoms with Gasteiger partial charge in [-0.25, -0.2) is 4.79 Å². The van der Waals surface area contributed by atoms with Gasteiger partial charge < -0.3 is 15.3 Å². The summed E-state index contributed by atoms with van der Waals surface area (Å²) in [5, 5.41) is 9.06. The highest BCUT2D eigenvalue weighted by atomic mass is 32.2. The van der Waals surface area contributed by atoms with E-state index in [1.807, 2.05) is 18.2 Å². The van der Waals surface area contributed by atoms with E-state index in [-0.39, 0.29) is 5.56 Å². The predicted molar refractivity (Wildman–Crippen MR) is 70.8 cm³/mol. The Labute approximate surface area is 109 Å². The smallest absolute Gasteiger partial charge is 0.337 e. The van der Waals surface area contributed by atoms with E-state index in [0.29, 0.717) is 11.4 Å². The molecule has 94 valence electrons. The molecule has 0 fully saturated rings. The van der Waals surface area contributed by atoms with E-state index >= 15 is 0 Å². The van der Waals surface area contributed by atoms with E-state index in [1.54, 1.807) is 19.3 Å². The third kappa shape index (κ3) is 2.68. The Morgan fingerprint density at radius 1 is 1.50 bits per heavy atom. The lowest BCUT2D eigenvalue weighted by atomic mass is 10.1. The number of carboxylic acids is 1. The maximum atomic E-state index is 11.1. The molecule has 0 amide bonds. The van der Waals surface area contributed by atoms with Crippen LogP contribution in [0.25, 0.3) is 0 Å². The zero-order valence-electron chi connectivity index (χ0n) is 9.84. The number of thioether (sulfide) groups is 1. The van der Waals surface area contributed by atoms with Crippen LogP contribution in [0.15, 0.2) is 39.8 Å². The number of nitrogens with two attached hydrogens (primary N) is 1. The first kappa shape index (κ1) is 12.6. The fraction of sp³-hybridized carbons (Fsp3) is 0.154. The molecule has 0 atom stereocenters. The van der Waals surface area contributed by atoms with Crippen molar-refractivity contribution >= 4 is 23.4 Å². The zero-order valence-corrected chi connectivity index (χ0v) is 10.7. The fourth-order valence-electron chi connectivity index (χ4n) is 1.57. The van der Waals surface area contributed by atoms with Crippen LogP contribution in [0, 0.1) is 6.92 Å². The molecule has 1 aromatic carbocycles. The van der Waals surface area contributed by atoms with E-state index in [2.05, 4.69) is 0 Å². The molecule has 3 N–H and O–H groups in total. The molecule has 0 bridgehead atoms. The van der Waals surface area contributed by atoms with Crippen LogP contribution < -0.4 is 5.73 Å². The summed E-state index contributed by atoms with van der Waals surface area (Å²) in [6.07, 6.45) is 1.62. The lowest BCUT2D eigenvalue weighted by Crippen LogP contribution is -2.04. The summed E-state index contributed by atoms with van der Waals surface area (Å²) >= 11 is 1.52. The van der Waals surface area contributed by atoms with Crippen LogP contribution >= 0.6 is 11.8 Å². The lowest BCUT2D eigenvalue weighted by Gasteiger charge is -2.08. The molecule has 1 aromatic heterocycles. The summed E-state index contributed by atoms with van der Waals surface area (Å²) in [5.74, 6) is 0.512.